The molecular formula is C38H32Cl2F6N8O8S2. The van der Waals surface area contributed by atoms with Gasteiger partial charge in [-0.1, -0.05) is 23.2 Å². The van der Waals surface area contributed by atoms with E-state index >= 15 is 0 Å². The number of aromatic amines is 1. The molecule has 0 spiro atoms. The van der Waals surface area contributed by atoms with Crippen molar-refractivity contribution in [2.45, 2.75) is 36.0 Å². The van der Waals surface area contributed by atoms with Crippen LogP contribution >= 0.6 is 23.2 Å². The van der Waals surface area contributed by atoms with Crippen LogP contribution in [0.2, 0.25) is 10.0 Å². The Labute approximate surface area is 370 Å². The number of nitrogens with zero attached hydrogens (tertiary/aromatic N) is 6. The maximum atomic E-state index is 13.3. The smallest absolute Gasteiger partial charge is 0.363 e. The number of carbonyl (C=O) groups excluding carboxylic acids is 2. The van der Waals surface area contributed by atoms with Gasteiger partial charge in [0.1, 0.15) is 30.1 Å². The third-order valence-corrected chi connectivity index (χ3v) is 12.5. The van der Waals surface area contributed by atoms with Crippen molar-refractivity contribution in [3.05, 3.63) is 129 Å². The third kappa shape index (κ3) is 10.7. The Bertz CT molecular complexity index is 2980. The average molecular weight is 978 g/mol. The zero-order valence-corrected chi connectivity index (χ0v) is 36.6. The molecule has 26 heteroatoms. The van der Waals surface area contributed by atoms with Crippen LogP contribution in [0.5, 0.6) is 0 Å². The maximum absolute atomic E-state index is 13.3. The molecule has 0 atom stereocenters. The summed E-state index contributed by atoms with van der Waals surface area (Å²) in [4.78, 5) is 48.1. The van der Waals surface area contributed by atoms with Crippen molar-refractivity contribution in [1.29, 1.82) is 0 Å². The lowest BCUT2D eigenvalue weighted by atomic mass is 10.1. The summed E-state index contributed by atoms with van der Waals surface area (Å²) >= 11 is 11.2. The first-order valence-electron chi connectivity index (χ1n) is 17.7. The zero-order chi connectivity index (χ0) is 47.5. The van der Waals surface area contributed by atoms with E-state index in [1.807, 2.05) is 0 Å². The number of ether oxygens (including phenoxy) is 1. The highest BCUT2D eigenvalue weighted by atomic mass is 35.5. The lowest BCUT2D eigenvalue weighted by Gasteiger charge is -2.26. The topological polar surface area (TPSA) is 207 Å². The molecule has 0 aliphatic heterocycles. The summed E-state index contributed by atoms with van der Waals surface area (Å²) in [5.74, 6) is -1.48. The van der Waals surface area contributed by atoms with Crippen LogP contribution in [0.1, 0.15) is 48.9 Å². The number of hydrogen-bond donors (Lipinski definition) is 2. The van der Waals surface area contributed by atoms with E-state index in [-0.39, 0.29) is 28.5 Å². The van der Waals surface area contributed by atoms with E-state index < -0.39 is 81.8 Å². The Balaban J connectivity index is 0.000000242. The van der Waals surface area contributed by atoms with Gasteiger partial charge in [0.25, 0.3) is 26.0 Å². The van der Waals surface area contributed by atoms with Crippen molar-refractivity contribution in [2.24, 2.45) is 0 Å². The standard InChI is InChI=1S/C20H13ClF3N5O3S.C18H19ClF3N3O5S/c1-10-6-15(29-33(31,32)11-2-3-14(21)13(7-11)20(22,23)24)17(26-8-10)18(30)16-12-4-5-25-19(12)28-9-27-16;1-11-7-15(16(23-9-11)17(26)24(2)30-4)25(10-29-3)31(27,28)12-5-6-14(19)13(8-12)18(20,21)22/h2-9,29H,1H3,(H,25,27,28);5-9H,10H2,1-4H3. The van der Waals surface area contributed by atoms with Gasteiger partial charge in [-0.15, -0.1) is 0 Å². The molecule has 340 valence electrons. The minimum atomic E-state index is -4.87. The Morgan fingerprint density at radius 1 is 0.766 bits per heavy atom. The SMILES string of the molecule is COCN(c1cc(C)cnc1C(=O)N(C)OC)S(=O)(=O)c1ccc(Cl)c(C(F)(F)F)c1.Cc1cnc(C(=O)c2ncnc3[nH]ccc23)c(NS(=O)(=O)c2ccc(Cl)c(C(F)(F)F)c2)c1. The summed E-state index contributed by atoms with van der Waals surface area (Å²) < 4.78 is 139. The fourth-order valence-electron chi connectivity index (χ4n) is 5.62. The van der Waals surface area contributed by atoms with Gasteiger partial charge in [0.2, 0.25) is 5.78 Å². The molecule has 0 aliphatic carbocycles. The minimum Gasteiger partial charge on any atom is -0.363 e. The second-order valence-electron chi connectivity index (χ2n) is 13.2. The molecule has 0 bridgehead atoms. The Kier molecular flexibility index (Phi) is 14.6. The number of aryl methyl sites for hydroxylation is 2. The van der Waals surface area contributed by atoms with Gasteiger partial charge in [0, 0.05) is 38.1 Å². The van der Waals surface area contributed by atoms with Crippen LogP contribution in [-0.4, -0.2) is 86.5 Å². The lowest BCUT2D eigenvalue weighted by molar-refractivity contribution is -0.138. The summed E-state index contributed by atoms with van der Waals surface area (Å²) in [5, 5.41) is -0.0809. The number of nitrogens with one attached hydrogen (secondary N) is 2. The summed E-state index contributed by atoms with van der Waals surface area (Å²) in [6, 6.07) is 8.64. The van der Waals surface area contributed by atoms with E-state index in [0.29, 0.717) is 38.6 Å². The number of anilines is 2. The van der Waals surface area contributed by atoms with E-state index in [4.69, 9.17) is 32.8 Å². The number of sulfonamides is 2. The monoisotopic (exact) mass is 976 g/mol. The Hall–Kier alpha value is -5.92. The lowest BCUT2D eigenvalue weighted by Crippen LogP contribution is -2.36. The molecule has 2 N–H and O–H groups in total. The predicted molar refractivity (Wildman–Crippen MR) is 220 cm³/mol. The van der Waals surface area contributed by atoms with Gasteiger partial charge < -0.3 is 9.72 Å². The van der Waals surface area contributed by atoms with Crippen LogP contribution in [0.15, 0.2) is 89.3 Å². The molecule has 0 aliphatic rings. The van der Waals surface area contributed by atoms with Gasteiger partial charge in [0.05, 0.1) is 49.4 Å². The van der Waals surface area contributed by atoms with Gasteiger partial charge in [-0.25, -0.2) is 41.2 Å². The number of H-pyrrole nitrogens is 1. The molecule has 16 nitrogen and oxygen atoms in total. The highest BCUT2D eigenvalue weighted by molar-refractivity contribution is 7.93. The van der Waals surface area contributed by atoms with Gasteiger partial charge >= 0.3 is 12.4 Å². The largest absolute Gasteiger partial charge is 0.417 e. The van der Waals surface area contributed by atoms with Crippen molar-refractivity contribution in [1.82, 2.24) is 30.0 Å². The molecule has 6 aromatic rings. The van der Waals surface area contributed by atoms with Gasteiger partial charge in [-0.3, -0.25) is 24.1 Å². The Morgan fingerprint density at radius 2 is 1.33 bits per heavy atom. The van der Waals surface area contributed by atoms with Crippen LogP contribution in [-0.2, 0) is 42.0 Å². The number of methoxy groups -OCH3 is 1. The van der Waals surface area contributed by atoms with Gasteiger partial charge in [0.15, 0.2) is 5.69 Å². The van der Waals surface area contributed by atoms with E-state index in [9.17, 15) is 52.8 Å². The number of rotatable bonds is 12. The van der Waals surface area contributed by atoms with Crippen LogP contribution < -0.4 is 9.03 Å². The van der Waals surface area contributed by atoms with E-state index in [1.54, 1.807) is 26.1 Å². The molecule has 0 radical (unpaired) electrons. The van der Waals surface area contributed by atoms with Crippen molar-refractivity contribution >= 4 is 77.3 Å². The number of carbonyl (C=O) groups is 2. The summed E-state index contributed by atoms with van der Waals surface area (Å²) in [6.07, 6.45) is -4.32. The first-order valence-corrected chi connectivity index (χ1v) is 21.4. The molecule has 0 unspecified atom stereocenters. The first-order chi connectivity index (χ1) is 29.8. The molecular weight excluding hydrogens is 945 g/mol. The number of amides is 1. The number of pyridine rings is 2. The average Bonchev–Trinajstić information content (AvgIpc) is 3.71. The number of ketones is 1. The van der Waals surface area contributed by atoms with Gasteiger partial charge in [-0.2, -0.15) is 26.3 Å². The van der Waals surface area contributed by atoms with Crippen molar-refractivity contribution in [3.8, 4) is 0 Å². The highest BCUT2D eigenvalue weighted by Gasteiger charge is 2.38. The molecule has 1 amide bonds. The molecule has 4 heterocycles. The number of halogens is 8. The van der Waals surface area contributed by atoms with Crippen LogP contribution in [0.3, 0.4) is 0 Å². The van der Waals surface area contributed by atoms with Crippen molar-refractivity contribution in [3.63, 3.8) is 0 Å². The summed E-state index contributed by atoms with van der Waals surface area (Å²) in [5.41, 5.74) is -2.25. The second kappa shape index (κ2) is 19.0. The van der Waals surface area contributed by atoms with Crippen LogP contribution in [0, 0.1) is 13.8 Å². The second-order valence-corrected chi connectivity index (χ2v) is 17.6. The quantitative estimate of drug-likeness (QED) is 0.0520. The van der Waals surface area contributed by atoms with Gasteiger partial charge in [-0.05, 0) is 79.6 Å². The first kappa shape index (κ1) is 49.1. The molecule has 64 heavy (non-hydrogen) atoms. The third-order valence-electron chi connectivity index (χ3n) is 8.72. The summed E-state index contributed by atoms with van der Waals surface area (Å²) in [6.45, 7) is 2.61. The number of hydrogen-bond acceptors (Lipinski definition) is 12. The zero-order valence-electron chi connectivity index (χ0n) is 33.5. The predicted octanol–water partition coefficient (Wildman–Crippen LogP) is 7.86. The number of aromatic nitrogens is 5. The normalized spacial score (nSPS) is 12.1. The molecule has 6 rings (SSSR count). The minimum absolute atomic E-state index is 0.0242. The molecule has 0 saturated heterocycles. The fraction of sp³-hybridized carbons (Fsp3) is 0.211. The van der Waals surface area contributed by atoms with Crippen LogP contribution in [0.25, 0.3) is 11.0 Å². The number of alkyl halides is 6. The van der Waals surface area contributed by atoms with Crippen molar-refractivity contribution < 1.29 is 62.3 Å². The molecule has 4 aromatic heterocycles. The van der Waals surface area contributed by atoms with Crippen LogP contribution in [0.4, 0.5) is 37.7 Å². The summed E-state index contributed by atoms with van der Waals surface area (Å²) in [7, 11) is -5.46. The van der Waals surface area contributed by atoms with Crippen molar-refractivity contribution in [2.75, 3.05) is 37.0 Å². The van der Waals surface area contributed by atoms with E-state index in [1.165, 1.54) is 45.8 Å². The highest BCUT2D eigenvalue weighted by Crippen LogP contribution is 2.38. The van der Waals surface area contributed by atoms with E-state index in [0.717, 1.165) is 35.7 Å². The van der Waals surface area contributed by atoms with E-state index in [2.05, 4.69) is 29.6 Å². The number of benzene rings is 2. The Morgan fingerprint density at radius 3 is 1.91 bits per heavy atom. The number of fused-ring (bicyclic) bond motifs is 1. The molecule has 0 fully saturated rings. The molecule has 2 aromatic carbocycles. The number of hydroxylamine groups is 2. The maximum Gasteiger partial charge on any atom is 0.417 e. The fourth-order valence-corrected chi connectivity index (χ4v) is 8.56. The molecule has 0 saturated carbocycles.